The molecule has 1 heterocycles. The van der Waals surface area contributed by atoms with Crippen LogP contribution < -0.4 is 5.32 Å². The van der Waals surface area contributed by atoms with Gasteiger partial charge < -0.3 is 5.32 Å². The van der Waals surface area contributed by atoms with Crippen LogP contribution in [0.1, 0.15) is 11.1 Å². The Morgan fingerprint density at radius 3 is 2.68 bits per heavy atom. The van der Waals surface area contributed by atoms with Crippen molar-refractivity contribution in [2.75, 3.05) is 5.32 Å². The number of hydrogen-bond acceptors (Lipinski definition) is 4. The highest BCUT2D eigenvalue weighted by Gasteiger charge is 2.09. The van der Waals surface area contributed by atoms with Crippen molar-refractivity contribution in [2.24, 2.45) is 0 Å². The third-order valence-corrected chi connectivity index (χ3v) is 3.53. The fraction of sp³-hybridized carbons (Fsp3) is 0.0526. The molecule has 122 valence electrons. The van der Waals surface area contributed by atoms with Gasteiger partial charge in [0.15, 0.2) is 0 Å². The molecular formula is C19H15N5O. The van der Waals surface area contributed by atoms with Crippen LogP contribution in [0.15, 0.2) is 66.8 Å². The molecule has 0 atom stereocenters. The lowest BCUT2D eigenvalue weighted by Crippen LogP contribution is -2.13. The number of carbonyl (C=O) groups excluding carboxylic acids is 1. The summed E-state index contributed by atoms with van der Waals surface area (Å²) < 4.78 is 1.63. The molecule has 0 bridgehead atoms. The van der Waals surface area contributed by atoms with E-state index in [9.17, 15) is 10.1 Å². The van der Waals surface area contributed by atoms with Crippen LogP contribution in [-0.4, -0.2) is 20.7 Å². The van der Waals surface area contributed by atoms with Crippen molar-refractivity contribution in [1.82, 2.24) is 14.8 Å². The topological polar surface area (TPSA) is 83.6 Å². The molecular weight excluding hydrogens is 314 g/mol. The van der Waals surface area contributed by atoms with Gasteiger partial charge in [-0.05, 0) is 48.4 Å². The van der Waals surface area contributed by atoms with E-state index in [1.165, 1.54) is 6.33 Å². The molecule has 0 fully saturated rings. The van der Waals surface area contributed by atoms with Gasteiger partial charge in [-0.1, -0.05) is 24.3 Å². The number of rotatable bonds is 4. The van der Waals surface area contributed by atoms with Gasteiger partial charge in [-0.2, -0.15) is 10.4 Å². The summed E-state index contributed by atoms with van der Waals surface area (Å²) >= 11 is 0. The van der Waals surface area contributed by atoms with Crippen molar-refractivity contribution in [1.29, 1.82) is 5.26 Å². The molecule has 0 saturated carbocycles. The molecule has 0 aliphatic heterocycles. The average Bonchev–Trinajstić information content (AvgIpc) is 3.14. The second kappa shape index (κ2) is 7.23. The van der Waals surface area contributed by atoms with Crippen LogP contribution in [0.3, 0.4) is 0 Å². The van der Waals surface area contributed by atoms with E-state index in [2.05, 4.69) is 15.4 Å². The van der Waals surface area contributed by atoms with Crippen LogP contribution in [0.5, 0.6) is 0 Å². The fourth-order valence-corrected chi connectivity index (χ4v) is 2.30. The number of aryl methyl sites for hydroxylation is 1. The van der Waals surface area contributed by atoms with Gasteiger partial charge in [-0.25, -0.2) is 9.67 Å². The molecule has 0 unspecified atom stereocenters. The number of nitrogens with one attached hydrogen (secondary N) is 1. The van der Waals surface area contributed by atoms with Crippen molar-refractivity contribution in [3.8, 4) is 11.8 Å². The lowest BCUT2D eigenvalue weighted by atomic mass is 10.1. The zero-order chi connectivity index (χ0) is 17.6. The van der Waals surface area contributed by atoms with Gasteiger partial charge in [-0.15, -0.1) is 0 Å². The predicted octanol–water partition coefficient (Wildman–Crippen LogP) is 3.12. The first-order valence-electron chi connectivity index (χ1n) is 7.60. The third kappa shape index (κ3) is 3.98. The van der Waals surface area contributed by atoms with Gasteiger partial charge in [0.25, 0.3) is 5.91 Å². The van der Waals surface area contributed by atoms with E-state index in [1.807, 2.05) is 55.5 Å². The first-order chi connectivity index (χ1) is 12.2. The average molecular weight is 329 g/mol. The minimum atomic E-state index is -0.437. The van der Waals surface area contributed by atoms with E-state index in [4.69, 9.17) is 0 Å². The molecule has 1 amide bonds. The summed E-state index contributed by atoms with van der Waals surface area (Å²) in [5, 5.41) is 16.1. The number of anilines is 1. The Kier molecular flexibility index (Phi) is 4.67. The van der Waals surface area contributed by atoms with Gasteiger partial charge in [-0.3, -0.25) is 4.79 Å². The van der Waals surface area contributed by atoms with Crippen LogP contribution in [0.25, 0.3) is 11.8 Å². The Balaban J connectivity index is 1.78. The smallest absolute Gasteiger partial charge is 0.266 e. The zero-order valence-corrected chi connectivity index (χ0v) is 13.5. The third-order valence-electron chi connectivity index (χ3n) is 3.53. The Labute approximate surface area is 145 Å². The van der Waals surface area contributed by atoms with Crippen LogP contribution in [-0.2, 0) is 4.79 Å². The van der Waals surface area contributed by atoms with E-state index >= 15 is 0 Å². The molecule has 6 heteroatoms. The Morgan fingerprint density at radius 2 is 2.04 bits per heavy atom. The van der Waals surface area contributed by atoms with E-state index in [-0.39, 0.29) is 5.57 Å². The summed E-state index contributed by atoms with van der Waals surface area (Å²) in [5.74, 6) is -0.437. The highest BCUT2D eigenvalue weighted by atomic mass is 16.1. The molecule has 6 nitrogen and oxygen atoms in total. The predicted molar refractivity (Wildman–Crippen MR) is 94.8 cm³/mol. The molecule has 0 radical (unpaired) electrons. The molecule has 3 aromatic rings. The Morgan fingerprint density at radius 1 is 1.24 bits per heavy atom. The summed E-state index contributed by atoms with van der Waals surface area (Å²) in [4.78, 5) is 16.2. The molecule has 3 rings (SSSR count). The first kappa shape index (κ1) is 16.1. The molecule has 25 heavy (non-hydrogen) atoms. The number of amides is 1. The lowest BCUT2D eigenvalue weighted by Gasteiger charge is -2.05. The van der Waals surface area contributed by atoms with E-state index in [1.54, 1.807) is 23.2 Å². The Bertz CT molecular complexity index is 950. The van der Waals surface area contributed by atoms with Crippen molar-refractivity contribution in [3.05, 3.63) is 77.9 Å². The number of hydrogen-bond donors (Lipinski definition) is 1. The highest BCUT2D eigenvalue weighted by Crippen LogP contribution is 2.14. The lowest BCUT2D eigenvalue weighted by molar-refractivity contribution is -0.112. The quantitative estimate of drug-likeness (QED) is 0.589. The second-order valence-corrected chi connectivity index (χ2v) is 5.43. The van der Waals surface area contributed by atoms with Crippen LogP contribution in [0.2, 0.25) is 0 Å². The maximum Gasteiger partial charge on any atom is 0.266 e. The van der Waals surface area contributed by atoms with Gasteiger partial charge in [0.2, 0.25) is 0 Å². The summed E-state index contributed by atoms with van der Waals surface area (Å²) in [6.07, 6.45) is 4.61. The van der Waals surface area contributed by atoms with E-state index in [0.717, 1.165) is 16.8 Å². The summed E-state index contributed by atoms with van der Waals surface area (Å²) in [5.41, 5.74) is 3.32. The number of carbonyl (C=O) groups is 1. The monoisotopic (exact) mass is 329 g/mol. The minimum Gasteiger partial charge on any atom is -0.321 e. The van der Waals surface area contributed by atoms with Crippen molar-refractivity contribution < 1.29 is 4.79 Å². The molecule has 0 aliphatic rings. The van der Waals surface area contributed by atoms with Crippen molar-refractivity contribution >= 4 is 17.7 Å². The molecule has 0 saturated heterocycles. The van der Waals surface area contributed by atoms with Crippen LogP contribution >= 0.6 is 0 Å². The zero-order valence-electron chi connectivity index (χ0n) is 13.5. The van der Waals surface area contributed by atoms with Crippen molar-refractivity contribution in [2.45, 2.75) is 6.92 Å². The normalized spacial score (nSPS) is 11.0. The first-order valence-corrected chi connectivity index (χ1v) is 7.60. The summed E-state index contributed by atoms with van der Waals surface area (Å²) in [7, 11) is 0. The second-order valence-electron chi connectivity index (χ2n) is 5.43. The van der Waals surface area contributed by atoms with Gasteiger partial charge in [0.05, 0.1) is 5.69 Å². The molecule has 1 aromatic heterocycles. The summed E-state index contributed by atoms with van der Waals surface area (Å²) in [6, 6.07) is 16.7. The molecule has 0 spiro atoms. The maximum absolute atomic E-state index is 12.3. The van der Waals surface area contributed by atoms with Gasteiger partial charge in [0, 0.05) is 5.69 Å². The SMILES string of the molecule is Cc1cccc(NC(=O)C(C#N)=Cc2ccc(-n3cncn3)cc2)c1. The number of nitriles is 1. The van der Waals surface area contributed by atoms with Gasteiger partial charge in [0.1, 0.15) is 24.3 Å². The minimum absolute atomic E-state index is 0.0370. The standard InChI is InChI=1S/C19H15N5O/c1-14-3-2-4-17(9-14)23-19(25)16(11-20)10-15-5-7-18(8-6-15)24-13-21-12-22-24/h2-10,12-13H,1H3,(H,23,25). The number of nitrogens with zero attached hydrogens (tertiary/aromatic N) is 4. The molecule has 1 N–H and O–H groups in total. The maximum atomic E-state index is 12.3. The number of benzene rings is 2. The van der Waals surface area contributed by atoms with E-state index in [0.29, 0.717) is 5.69 Å². The van der Waals surface area contributed by atoms with Crippen LogP contribution in [0.4, 0.5) is 5.69 Å². The number of aromatic nitrogens is 3. The fourth-order valence-electron chi connectivity index (χ4n) is 2.30. The van der Waals surface area contributed by atoms with Gasteiger partial charge >= 0.3 is 0 Å². The van der Waals surface area contributed by atoms with E-state index < -0.39 is 5.91 Å². The summed E-state index contributed by atoms with van der Waals surface area (Å²) in [6.45, 7) is 1.94. The molecule has 2 aromatic carbocycles. The molecule has 0 aliphatic carbocycles. The Hall–Kier alpha value is -3.72. The largest absolute Gasteiger partial charge is 0.321 e. The van der Waals surface area contributed by atoms with Crippen LogP contribution in [0, 0.1) is 18.3 Å². The van der Waals surface area contributed by atoms with Crippen molar-refractivity contribution in [3.63, 3.8) is 0 Å². The highest BCUT2D eigenvalue weighted by molar-refractivity contribution is 6.09.